The van der Waals surface area contributed by atoms with Crippen LogP contribution in [0, 0.1) is 0 Å². The van der Waals surface area contributed by atoms with Crippen LogP contribution in [0.3, 0.4) is 0 Å². The van der Waals surface area contributed by atoms with Crippen molar-refractivity contribution in [3.8, 4) is 5.75 Å². The number of fused-ring (bicyclic) bond motifs is 1. The normalized spacial score (nSPS) is 20.0. The van der Waals surface area contributed by atoms with E-state index in [9.17, 15) is 0 Å². The van der Waals surface area contributed by atoms with Gasteiger partial charge in [0.15, 0.2) is 0 Å². The molecule has 0 bridgehead atoms. The van der Waals surface area contributed by atoms with E-state index in [-0.39, 0.29) is 0 Å². The van der Waals surface area contributed by atoms with Gasteiger partial charge in [0.2, 0.25) is 0 Å². The zero-order valence-corrected chi connectivity index (χ0v) is 9.27. The van der Waals surface area contributed by atoms with Gasteiger partial charge in [-0.05, 0) is 24.1 Å². The standard InChI is InChI=1S/C10H12ClNOS/c11-8-1-2-9-7(6-14-12)3-4-13-10(9)5-8/h1-2,5,7H,3-4,6,12H2/t7-/m0/s1. The van der Waals surface area contributed by atoms with Crippen molar-refractivity contribution in [2.24, 2.45) is 5.14 Å². The van der Waals surface area contributed by atoms with Gasteiger partial charge in [-0.25, -0.2) is 0 Å². The summed E-state index contributed by atoms with van der Waals surface area (Å²) < 4.78 is 5.55. The van der Waals surface area contributed by atoms with Gasteiger partial charge in [-0.2, -0.15) is 0 Å². The summed E-state index contributed by atoms with van der Waals surface area (Å²) in [7, 11) is 0. The molecule has 0 spiro atoms. The summed E-state index contributed by atoms with van der Waals surface area (Å²) in [5.74, 6) is 2.37. The molecule has 0 amide bonds. The van der Waals surface area contributed by atoms with Crippen LogP contribution < -0.4 is 9.88 Å². The molecule has 1 heterocycles. The molecule has 2 rings (SSSR count). The average molecular weight is 230 g/mol. The van der Waals surface area contributed by atoms with E-state index >= 15 is 0 Å². The van der Waals surface area contributed by atoms with Gasteiger partial charge in [0, 0.05) is 16.7 Å². The van der Waals surface area contributed by atoms with Crippen LogP contribution in [-0.2, 0) is 0 Å². The number of benzene rings is 1. The molecule has 2 N–H and O–H groups in total. The predicted octanol–water partition coefficient (Wildman–Crippen LogP) is 2.81. The number of ether oxygens (including phenoxy) is 1. The van der Waals surface area contributed by atoms with Crippen molar-refractivity contribution < 1.29 is 4.74 Å². The predicted molar refractivity (Wildman–Crippen MR) is 61.0 cm³/mol. The third kappa shape index (κ3) is 2.00. The molecule has 2 nitrogen and oxygen atoms in total. The molecule has 0 saturated carbocycles. The maximum Gasteiger partial charge on any atom is 0.124 e. The fraction of sp³-hybridized carbons (Fsp3) is 0.400. The van der Waals surface area contributed by atoms with Crippen LogP contribution in [0.4, 0.5) is 0 Å². The molecular formula is C10H12ClNOS. The molecule has 4 heteroatoms. The number of rotatable bonds is 2. The first kappa shape index (κ1) is 10.1. The quantitative estimate of drug-likeness (QED) is 0.793. The Hall–Kier alpha value is -0.380. The Balaban J connectivity index is 2.30. The van der Waals surface area contributed by atoms with Crippen LogP contribution in [0.2, 0.25) is 5.02 Å². The highest BCUT2D eigenvalue weighted by molar-refractivity contribution is 7.97. The molecule has 0 fully saturated rings. The van der Waals surface area contributed by atoms with Crippen molar-refractivity contribution in [3.63, 3.8) is 0 Å². The molecule has 14 heavy (non-hydrogen) atoms. The number of hydrogen-bond donors (Lipinski definition) is 1. The Morgan fingerprint density at radius 2 is 2.43 bits per heavy atom. The van der Waals surface area contributed by atoms with Gasteiger partial charge < -0.3 is 4.74 Å². The molecular weight excluding hydrogens is 218 g/mol. The Morgan fingerprint density at radius 1 is 1.57 bits per heavy atom. The molecule has 0 radical (unpaired) electrons. The zero-order valence-electron chi connectivity index (χ0n) is 7.70. The molecule has 0 aliphatic carbocycles. The van der Waals surface area contributed by atoms with E-state index in [0.29, 0.717) is 5.92 Å². The summed E-state index contributed by atoms with van der Waals surface area (Å²) >= 11 is 7.28. The van der Waals surface area contributed by atoms with Gasteiger partial charge >= 0.3 is 0 Å². The highest BCUT2D eigenvalue weighted by Crippen LogP contribution is 2.36. The molecule has 1 aliphatic heterocycles. The first-order valence-electron chi connectivity index (χ1n) is 4.55. The van der Waals surface area contributed by atoms with E-state index in [2.05, 4.69) is 0 Å². The van der Waals surface area contributed by atoms with Crippen molar-refractivity contribution >= 4 is 23.5 Å². The zero-order chi connectivity index (χ0) is 9.97. The van der Waals surface area contributed by atoms with Gasteiger partial charge in [-0.1, -0.05) is 29.6 Å². The SMILES string of the molecule is NSC[C@@H]1CCOc2cc(Cl)ccc21. The van der Waals surface area contributed by atoms with E-state index in [1.807, 2.05) is 18.2 Å². The number of hydrogen-bond acceptors (Lipinski definition) is 3. The van der Waals surface area contributed by atoms with E-state index in [1.54, 1.807) is 0 Å². The van der Waals surface area contributed by atoms with E-state index in [1.165, 1.54) is 17.5 Å². The van der Waals surface area contributed by atoms with Crippen LogP contribution in [0.5, 0.6) is 5.75 Å². The molecule has 76 valence electrons. The largest absolute Gasteiger partial charge is 0.493 e. The first-order chi connectivity index (χ1) is 6.81. The van der Waals surface area contributed by atoms with Crippen LogP contribution in [-0.4, -0.2) is 12.4 Å². The summed E-state index contributed by atoms with van der Waals surface area (Å²) in [5, 5.41) is 6.22. The van der Waals surface area contributed by atoms with Crippen molar-refractivity contribution in [3.05, 3.63) is 28.8 Å². The lowest BCUT2D eigenvalue weighted by atomic mass is 9.95. The van der Waals surface area contributed by atoms with Gasteiger partial charge in [0.1, 0.15) is 5.75 Å². The summed E-state index contributed by atoms with van der Waals surface area (Å²) in [6, 6.07) is 5.82. The Bertz CT molecular complexity index is 332. The van der Waals surface area contributed by atoms with E-state index in [4.69, 9.17) is 21.5 Å². The Kier molecular flexibility index (Phi) is 3.21. The minimum atomic E-state index is 0.506. The van der Waals surface area contributed by atoms with Gasteiger partial charge in [0.25, 0.3) is 0 Å². The molecule has 1 aromatic carbocycles. The fourth-order valence-corrected chi connectivity index (χ4v) is 2.47. The maximum absolute atomic E-state index is 5.89. The van der Waals surface area contributed by atoms with Crippen LogP contribution in [0.1, 0.15) is 17.9 Å². The Morgan fingerprint density at radius 3 is 3.21 bits per heavy atom. The van der Waals surface area contributed by atoms with Gasteiger partial charge in [-0.3, -0.25) is 5.14 Å². The van der Waals surface area contributed by atoms with Gasteiger partial charge in [0.05, 0.1) is 6.61 Å². The molecule has 0 unspecified atom stereocenters. The highest BCUT2D eigenvalue weighted by Gasteiger charge is 2.20. The van der Waals surface area contributed by atoms with Crippen molar-refractivity contribution in [1.82, 2.24) is 0 Å². The minimum Gasteiger partial charge on any atom is -0.493 e. The smallest absolute Gasteiger partial charge is 0.124 e. The maximum atomic E-state index is 5.89. The second kappa shape index (κ2) is 4.43. The lowest BCUT2D eigenvalue weighted by molar-refractivity contribution is 0.273. The molecule has 1 aromatic rings. The van der Waals surface area contributed by atoms with E-state index < -0.39 is 0 Å². The second-order valence-electron chi connectivity index (χ2n) is 3.35. The topological polar surface area (TPSA) is 35.2 Å². The summed E-state index contributed by atoms with van der Waals surface area (Å²) in [6.07, 6.45) is 1.04. The lowest BCUT2D eigenvalue weighted by Crippen LogP contribution is -2.16. The summed E-state index contributed by atoms with van der Waals surface area (Å²) in [5.41, 5.74) is 1.23. The van der Waals surface area contributed by atoms with Crippen LogP contribution >= 0.6 is 23.5 Å². The summed E-state index contributed by atoms with van der Waals surface area (Å²) in [4.78, 5) is 0. The average Bonchev–Trinajstić information content (AvgIpc) is 2.18. The third-order valence-electron chi connectivity index (χ3n) is 2.44. The molecule has 1 aliphatic rings. The number of halogens is 1. The summed E-state index contributed by atoms with van der Waals surface area (Å²) in [6.45, 7) is 0.762. The fourth-order valence-electron chi connectivity index (χ4n) is 1.73. The highest BCUT2D eigenvalue weighted by atomic mass is 35.5. The van der Waals surface area contributed by atoms with Crippen molar-refractivity contribution in [1.29, 1.82) is 0 Å². The first-order valence-corrected chi connectivity index (χ1v) is 5.98. The third-order valence-corrected chi connectivity index (χ3v) is 3.27. The molecule has 0 saturated heterocycles. The van der Waals surface area contributed by atoms with Crippen molar-refractivity contribution in [2.45, 2.75) is 12.3 Å². The molecule has 1 atom stereocenters. The number of nitrogens with two attached hydrogens (primary N) is 1. The van der Waals surface area contributed by atoms with Gasteiger partial charge in [-0.15, -0.1) is 0 Å². The van der Waals surface area contributed by atoms with Crippen LogP contribution in [0.25, 0.3) is 0 Å². The minimum absolute atomic E-state index is 0.506. The second-order valence-corrected chi connectivity index (χ2v) is 4.45. The van der Waals surface area contributed by atoms with Crippen LogP contribution in [0.15, 0.2) is 18.2 Å². The van der Waals surface area contributed by atoms with E-state index in [0.717, 1.165) is 29.6 Å². The lowest BCUT2D eigenvalue weighted by Gasteiger charge is -2.25. The Labute approximate surface area is 92.9 Å². The monoisotopic (exact) mass is 229 g/mol. The van der Waals surface area contributed by atoms with Crippen molar-refractivity contribution in [2.75, 3.05) is 12.4 Å². The molecule has 0 aromatic heterocycles.